The summed E-state index contributed by atoms with van der Waals surface area (Å²) in [6.07, 6.45) is 0.293. The molecule has 0 atom stereocenters. The number of nitrogens with zero attached hydrogens (tertiary/aromatic N) is 1. The fourth-order valence-corrected chi connectivity index (χ4v) is 2.17. The second kappa shape index (κ2) is 5.39. The lowest BCUT2D eigenvalue weighted by atomic mass is 10.2. The minimum Gasteiger partial charge on any atom is -0.495 e. The normalized spacial score (nSPS) is 16.2. The van der Waals surface area contributed by atoms with Crippen LogP contribution in [-0.2, 0) is 9.59 Å². The Bertz CT molecular complexity index is 490. The molecule has 2 rings (SSSR count). The molecule has 1 aromatic rings. The van der Waals surface area contributed by atoms with Crippen LogP contribution in [0.5, 0.6) is 5.75 Å². The zero-order valence-corrected chi connectivity index (χ0v) is 11.5. The molecular weight excluding hydrogens is 300 g/mol. The first kappa shape index (κ1) is 12.9. The van der Waals surface area contributed by atoms with E-state index in [-0.39, 0.29) is 18.4 Å². The smallest absolute Gasteiger partial charge is 0.246 e. The van der Waals surface area contributed by atoms with E-state index >= 15 is 0 Å². The van der Waals surface area contributed by atoms with Crippen molar-refractivity contribution < 1.29 is 14.3 Å². The third-order valence-corrected chi connectivity index (χ3v) is 3.23. The number of ether oxygens (including phenoxy) is 1. The number of nitrogens with one attached hydrogen (secondary N) is 1. The van der Waals surface area contributed by atoms with Crippen LogP contribution < -0.4 is 15.0 Å². The van der Waals surface area contributed by atoms with Crippen LogP contribution >= 0.6 is 15.9 Å². The highest BCUT2D eigenvalue weighted by Gasteiger charge is 2.23. The average molecular weight is 313 g/mol. The molecule has 0 aliphatic carbocycles. The number of amides is 2. The van der Waals surface area contributed by atoms with E-state index in [4.69, 9.17) is 4.74 Å². The minimum atomic E-state index is -0.141. The summed E-state index contributed by atoms with van der Waals surface area (Å²) >= 11 is 3.37. The molecule has 0 bridgehead atoms. The number of anilines is 1. The number of halogens is 1. The number of methoxy groups -OCH3 is 1. The third kappa shape index (κ3) is 2.64. The molecule has 1 N–H and O–H groups in total. The fourth-order valence-electron chi connectivity index (χ4n) is 1.82. The van der Waals surface area contributed by atoms with Crippen molar-refractivity contribution in [1.82, 2.24) is 5.32 Å². The van der Waals surface area contributed by atoms with E-state index in [1.54, 1.807) is 18.1 Å². The molecule has 0 radical (unpaired) electrons. The van der Waals surface area contributed by atoms with Gasteiger partial charge in [0.05, 0.1) is 19.3 Å². The van der Waals surface area contributed by atoms with Gasteiger partial charge in [-0.05, 0) is 18.2 Å². The first-order valence-corrected chi connectivity index (χ1v) is 6.31. The highest BCUT2D eigenvalue weighted by molar-refractivity contribution is 9.10. The molecule has 1 aliphatic heterocycles. The summed E-state index contributed by atoms with van der Waals surface area (Å²) in [5, 5.41) is 2.56. The highest BCUT2D eigenvalue weighted by atomic mass is 79.9. The summed E-state index contributed by atoms with van der Waals surface area (Å²) in [4.78, 5) is 24.8. The van der Waals surface area contributed by atoms with E-state index < -0.39 is 0 Å². The Morgan fingerprint density at radius 2 is 2.17 bits per heavy atom. The summed E-state index contributed by atoms with van der Waals surface area (Å²) in [6.45, 7) is 0.381. The van der Waals surface area contributed by atoms with Crippen molar-refractivity contribution in [2.45, 2.75) is 6.42 Å². The molecule has 1 heterocycles. The molecule has 96 valence electrons. The molecule has 6 heteroatoms. The van der Waals surface area contributed by atoms with Crippen LogP contribution in [0.1, 0.15) is 6.42 Å². The Hall–Kier alpha value is -1.56. The molecule has 0 spiro atoms. The van der Waals surface area contributed by atoms with E-state index in [1.165, 1.54) is 0 Å². The lowest BCUT2D eigenvalue weighted by molar-refractivity contribution is -0.123. The van der Waals surface area contributed by atoms with Crippen molar-refractivity contribution in [3.8, 4) is 5.75 Å². The molecule has 1 aliphatic rings. The van der Waals surface area contributed by atoms with Gasteiger partial charge in [0.1, 0.15) is 5.75 Å². The van der Waals surface area contributed by atoms with Gasteiger partial charge in [-0.25, -0.2) is 0 Å². The van der Waals surface area contributed by atoms with Crippen LogP contribution in [0, 0.1) is 0 Å². The number of benzene rings is 1. The summed E-state index contributed by atoms with van der Waals surface area (Å²) in [5.41, 5.74) is 0.674. The van der Waals surface area contributed by atoms with E-state index in [2.05, 4.69) is 21.2 Å². The van der Waals surface area contributed by atoms with Crippen LogP contribution in [-0.4, -0.2) is 32.0 Å². The molecule has 2 amide bonds. The van der Waals surface area contributed by atoms with Gasteiger partial charge in [-0.15, -0.1) is 0 Å². The van der Waals surface area contributed by atoms with E-state index in [0.29, 0.717) is 24.4 Å². The van der Waals surface area contributed by atoms with Gasteiger partial charge in [0.25, 0.3) is 0 Å². The molecule has 1 fully saturated rings. The Balaban J connectivity index is 2.36. The number of hydrogen-bond donors (Lipinski definition) is 1. The van der Waals surface area contributed by atoms with Crippen molar-refractivity contribution in [2.75, 3.05) is 25.1 Å². The SMILES string of the molecule is COc1ccc(Br)cc1N1CCC(=O)NCC1=O. The molecule has 5 nitrogen and oxygen atoms in total. The lowest BCUT2D eigenvalue weighted by Crippen LogP contribution is -2.35. The maximum absolute atomic E-state index is 12.0. The maximum atomic E-state index is 12.0. The van der Waals surface area contributed by atoms with Crippen LogP contribution in [0.4, 0.5) is 5.69 Å². The first-order chi connectivity index (χ1) is 8.61. The maximum Gasteiger partial charge on any atom is 0.246 e. The van der Waals surface area contributed by atoms with Gasteiger partial charge < -0.3 is 15.0 Å². The molecule has 0 unspecified atom stereocenters. The third-order valence-electron chi connectivity index (χ3n) is 2.73. The summed E-state index contributed by atoms with van der Waals surface area (Å²) in [5.74, 6) is 0.359. The number of carbonyl (C=O) groups excluding carboxylic acids is 2. The van der Waals surface area contributed by atoms with Crippen LogP contribution in [0.15, 0.2) is 22.7 Å². The zero-order chi connectivity index (χ0) is 13.1. The van der Waals surface area contributed by atoms with Gasteiger partial charge in [0.2, 0.25) is 11.8 Å². The Labute approximate surface area is 113 Å². The van der Waals surface area contributed by atoms with E-state index in [1.807, 2.05) is 12.1 Å². The van der Waals surface area contributed by atoms with Crippen LogP contribution in [0.3, 0.4) is 0 Å². The van der Waals surface area contributed by atoms with Crippen molar-refractivity contribution in [3.05, 3.63) is 22.7 Å². The minimum absolute atomic E-state index is 0.0223. The van der Waals surface area contributed by atoms with E-state index in [0.717, 1.165) is 4.47 Å². The monoisotopic (exact) mass is 312 g/mol. The zero-order valence-electron chi connectivity index (χ0n) is 9.90. The Kier molecular flexibility index (Phi) is 3.86. The van der Waals surface area contributed by atoms with Crippen molar-refractivity contribution in [1.29, 1.82) is 0 Å². The molecule has 18 heavy (non-hydrogen) atoms. The van der Waals surface area contributed by atoms with E-state index in [9.17, 15) is 9.59 Å². The van der Waals surface area contributed by atoms with Crippen molar-refractivity contribution in [2.24, 2.45) is 0 Å². The van der Waals surface area contributed by atoms with Crippen molar-refractivity contribution in [3.63, 3.8) is 0 Å². The van der Waals surface area contributed by atoms with Gasteiger partial charge in [-0.2, -0.15) is 0 Å². The second-order valence-electron chi connectivity index (χ2n) is 3.89. The quantitative estimate of drug-likeness (QED) is 0.896. The summed E-state index contributed by atoms with van der Waals surface area (Å²) in [7, 11) is 1.55. The predicted molar refractivity (Wildman–Crippen MR) is 70.7 cm³/mol. The largest absolute Gasteiger partial charge is 0.495 e. The van der Waals surface area contributed by atoms with Gasteiger partial charge in [-0.1, -0.05) is 15.9 Å². The average Bonchev–Trinajstić information content (AvgIpc) is 2.52. The molecule has 0 saturated carbocycles. The number of hydrogen-bond acceptors (Lipinski definition) is 3. The molecule has 1 saturated heterocycles. The van der Waals surface area contributed by atoms with Gasteiger partial charge in [0, 0.05) is 17.4 Å². The topological polar surface area (TPSA) is 58.6 Å². The molecular formula is C12H13BrN2O3. The van der Waals surface area contributed by atoms with Crippen LogP contribution in [0.25, 0.3) is 0 Å². The summed E-state index contributed by atoms with van der Waals surface area (Å²) < 4.78 is 6.11. The molecule has 0 aromatic heterocycles. The predicted octanol–water partition coefficient (Wildman–Crippen LogP) is 1.31. The summed E-state index contributed by atoms with van der Waals surface area (Å²) in [6, 6.07) is 5.44. The number of carbonyl (C=O) groups is 2. The van der Waals surface area contributed by atoms with Crippen molar-refractivity contribution >= 4 is 33.4 Å². The number of rotatable bonds is 2. The van der Waals surface area contributed by atoms with Gasteiger partial charge >= 0.3 is 0 Å². The highest BCUT2D eigenvalue weighted by Crippen LogP contribution is 2.31. The van der Waals surface area contributed by atoms with Gasteiger partial charge in [-0.3, -0.25) is 9.59 Å². The molecule has 1 aromatic carbocycles. The van der Waals surface area contributed by atoms with Crippen LogP contribution in [0.2, 0.25) is 0 Å². The first-order valence-electron chi connectivity index (χ1n) is 5.52. The second-order valence-corrected chi connectivity index (χ2v) is 4.80. The lowest BCUT2D eigenvalue weighted by Gasteiger charge is -2.22. The Morgan fingerprint density at radius 3 is 2.89 bits per heavy atom. The van der Waals surface area contributed by atoms with Gasteiger partial charge in [0.15, 0.2) is 0 Å². The fraction of sp³-hybridized carbons (Fsp3) is 0.333. The standard InChI is InChI=1S/C12H13BrN2O3/c1-18-10-3-2-8(13)6-9(10)15-5-4-11(16)14-7-12(15)17/h2-3,6H,4-5,7H2,1H3,(H,14,16). The Morgan fingerprint density at radius 1 is 1.39 bits per heavy atom.